The third kappa shape index (κ3) is 2.88. The molecule has 0 N–H and O–H groups in total. The van der Waals surface area contributed by atoms with Crippen LogP contribution in [-0.4, -0.2) is 46.6 Å². The number of nitrogens with zero attached hydrogens (tertiary/aromatic N) is 4. The van der Waals surface area contributed by atoms with Crippen LogP contribution in [0.4, 0.5) is 0 Å². The third-order valence-electron chi connectivity index (χ3n) is 3.96. The fraction of sp³-hybridized carbons (Fsp3) is 0.846. The lowest BCUT2D eigenvalue weighted by Crippen LogP contribution is -2.33. The number of hydrogen-bond acceptors (Lipinski definition) is 4. The van der Waals surface area contributed by atoms with Crippen molar-refractivity contribution in [3.8, 4) is 0 Å². The van der Waals surface area contributed by atoms with Crippen LogP contribution < -0.4 is 0 Å². The van der Waals surface area contributed by atoms with Crippen LogP contribution in [0.5, 0.6) is 0 Å². The summed E-state index contributed by atoms with van der Waals surface area (Å²) in [5, 5.41) is 8.39. The fourth-order valence-corrected chi connectivity index (χ4v) is 4.58. The first kappa shape index (κ1) is 14.0. The summed E-state index contributed by atoms with van der Waals surface area (Å²) in [6, 6.07) is 0.136. The lowest BCUT2D eigenvalue weighted by molar-refractivity contribution is 0.425. The Kier molecular flexibility index (Phi) is 3.58. The van der Waals surface area contributed by atoms with Gasteiger partial charge < -0.3 is 0 Å². The van der Waals surface area contributed by atoms with E-state index in [-0.39, 0.29) is 17.7 Å². The van der Waals surface area contributed by atoms with Crippen molar-refractivity contribution in [1.29, 1.82) is 0 Å². The van der Waals surface area contributed by atoms with E-state index in [1.54, 1.807) is 4.31 Å². The molecule has 1 aromatic rings. The van der Waals surface area contributed by atoms with Crippen LogP contribution in [-0.2, 0) is 10.0 Å². The minimum atomic E-state index is -3.13. The molecule has 112 valence electrons. The molecule has 7 heteroatoms. The van der Waals surface area contributed by atoms with Crippen LogP contribution in [0.2, 0.25) is 0 Å². The van der Waals surface area contributed by atoms with Crippen molar-refractivity contribution >= 4 is 10.0 Å². The topological polar surface area (TPSA) is 68.1 Å². The van der Waals surface area contributed by atoms with Gasteiger partial charge in [0.1, 0.15) is 0 Å². The first-order chi connectivity index (χ1) is 9.45. The molecule has 20 heavy (non-hydrogen) atoms. The van der Waals surface area contributed by atoms with Crippen LogP contribution in [0, 0.1) is 5.92 Å². The highest BCUT2D eigenvalue weighted by Gasteiger charge is 2.34. The summed E-state index contributed by atoms with van der Waals surface area (Å²) in [5.41, 5.74) is 1.06. The zero-order chi connectivity index (χ0) is 14.3. The zero-order valence-electron chi connectivity index (χ0n) is 12.1. The molecular weight excluding hydrogens is 276 g/mol. The molecule has 2 fully saturated rings. The van der Waals surface area contributed by atoms with Gasteiger partial charge in [-0.05, 0) is 25.2 Å². The van der Waals surface area contributed by atoms with Gasteiger partial charge in [0.2, 0.25) is 10.0 Å². The summed E-state index contributed by atoms with van der Waals surface area (Å²) in [6.45, 7) is 5.00. The molecule has 1 aliphatic heterocycles. The van der Waals surface area contributed by atoms with E-state index in [4.69, 9.17) is 0 Å². The second kappa shape index (κ2) is 5.11. The Bertz CT molecular complexity index is 577. The van der Waals surface area contributed by atoms with E-state index in [0.717, 1.165) is 12.1 Å². The quantitative estimate of drug-likeness (QED) is 0.824. The normalized spacial score (nSPS) is 24.6. The molecule has 0 bridgehead atoms. The Hall–Kier alpha value is -0.950. The summed E-state index contributed by atoms with van der Waals surface area (Å²) >= 11 is 0. The lowest BCUT2D eigenvalue weighted by atomic mass is 10.2. The molecule has 0 radical (unpaired) electrons. The van der Waals surface area contributed by atoms with Gasteiger partial charge in [-0.1, -0.05) is 19.1 Å². The monoisotopic (exact) mass is 298 g/mol. The number of hydrogen-bond donors (Lipinski definition) is 0. The zero-order valence-corrected chi connectivity index (χ0v) is 12.9. The largest absolute Gasteiger partial charge is 0.248 e. The smallest absolute Gasteiger partial charge is 0.214 e. The molecule has 2 aliphatic rings. The van der Waals surface area contributed by atoms with Crippen molar-refractivity contribution in [2.75, 3.05) is 18.8 Å². The van der Waals surface area contributed by atoms with E-state index < -0.39 is 10.0 Å². The molecule has 0 aromatic carbocycles. The predicted molar refractivity (Wildman–Crippen MR) is 75.8 cm³/mol. The Morgan fingerprint density at radius 2 is 2.10 bits per heavy atom. The van der Waals surface area contributed by atoms with Gasteiger partial charge in [0.05, 0.1) is 17.5 Å². The van der Waals surface area contributed by atoms with E-state index in [1.165, 1.54) is 12.8 Å². The van der Waals surface area contributed by atoms with Crippen LogP contribution >= 0.6 is 0 Å². The highest BCUT2D eigenvalue weighted by atomic mass is 32.2. The minimum Gasteiger partial charge on any atom is -0.248 e. The minimum absolute atomic E-state index is 0.136. The van der Waals surface area contributed by atoms with Gasteiger partial charge in [-0.25, -0.2) is 13.1 Å². The lowest BCUT2D eigenvalue weighted by Gasteiger charge is -2.17. The third-order valence-corrected chi connectivity index (χ3v) is 6.17. The van der Waals surface area contributed by atoms with Crippen molar-refractivity contribution in [2.45, 2.75) is 45.1 Å². The molecule has 0 amide bonds. The number of sulfonamides is 1. The van der Waals surface area contributed by atoms with Crippen molar-refractivity contribution in [2.24, 2.45) is 5.92 Å². The molecule has 1 unspecified atom stereocenters. The van der Waals surface area contributed by atoms with Crippen molar-refractivity contribution in [3.63, 3.8) is 0 Å². The SMILES string of the molecule is CC(C)CS(=O)(=O)N1CCC(n2cc(C3CC3)nn2)C1. The Morgan fingerprint density at radius 1 is 1.35 bits per heavy atom. The Labute approximate surface area is 120 Å². The summed E-state index contributed by atoms with van der Waals surface area (Å²) in [5.74, 6) is 0.975. The van der Waals surface area contributed by atoms with Crippen LogP contribution in [0.1, 0.15) is 50.8 Å². The summed E-state index contributed by atoms with van der Waals surface area (Å²) in [6.07, 6.45) is 5.24. The molecule has 3 rings (SSSR count). The van der Waals surface area contributed by atoms with Crippen molar-refractivity contribution < 1.29 is 8.42 Å². The maximum Gasteiger partial charge on any atom is 0.214 e. The molecule has 1 atom stereocenters. The predicted octanol–water partition coefficient (Wildman–Crippen LogP) is 1.39. The van der Waals surface area contributed by atoms with Gasteiger partial charge in [0.25, 0.3) is 0 Å². The molecule has 2 heterocycles. The second-order valence-corrected chi connectivity index (χ2v) is 8.38. The average Bonchev–Trinajstić information content (AvgIpc) is 2.91. The molecule has 1 aliphatic carbocycles. The first-order valence-corrected chi connectivity index (χ1v) is 8.96. The van der Waals surface area contributed by atoms with E-state index in [0.29, 0.717) is 19.0 Å². The van der Waals surface area contributed by atoms with Gasteiger partial charge in [-0.2, -0.15) is 4.31 Å². The maximum absolute atomic E-state index is 12.2. The van der Waals surface area contributed by atoms with Crippen molar-refractivity contribution in [3.05, 3.63) is 11.9 Å². The first-order valence-electron chi connectivity index (χ1n) is 7.35. The Balaban J connectivity index is 1.66. The molecule has 1 saturated heterocycles. The van der Waals surface area contributed by atoms with Gasteiger partial charge in [-0.3, -0.25) is 0 Å². The molecule has 0 spiro atoms. The summed E-state index contributed by atoms with van der Waals surface area (Å²) in [4.78, 5) is 0. The average molecular weight is 298 g/mol. The van der Waals surface area contributed by atoms with E-state index >= 15 is 0 Å². The van der Waals surface area contributed by atoms with Gasteiger partial charge in [0, 0.05) is 25.2 Å². The summed E-state index contributed by atoms with van der Waals surface area (Å²) < 4.78 is 27.9. The van der Waals surface area contributed by atoms with Crippen molar-refractivity contribution in [1.82, 2.24) is 19.3 Å². The van der Waals surface area contributed by atoms with E-state index in [2.05, 4.69) is 10.3 Å². The van der Waals surface area contributed by atoms with Gasteiger partial charge in [-0.15, -0.1) is 5.10 Å². The number of aromatic nitrogens is 3. The standard InChI is InChI=1S/C13H22N4O2S/c1-10(2)9-20(18,19)16-6-5-12(7-16)17-8-13(14-15-17)11-3-4-11/h8,10-12H,3-7,9H2,1-2H3. The Morgan fingerprint density at radius 3 is 2.75 bits per heavy atom. The highest BCUT2D eigenvalue weighted by molar-refractivity contribution is 7.89. The molecule has 1 aromatic heterocycles. The van der Waals surface area contributed by atoms with Crippen LogP contribution in [0.25, 0.3) is 0 Å². The fourth-order valence-electron chi connectivity index (χ4n) is 2.74. The second-order valence-electron chi connectivity index (χ2n) is 6.37. The summed E-state index contributed by atoms with van der Waals surface area (Å²) in [7, 11) is -3.13. The highest BCUT2D eigenvalue weighted by Crippen LogP contribution is 2.39. The van der Waals surface area contributed by atoms with Crippen LogP contribution in [0.3, 0.4) is 0 Å². The van der Waals surface area contributed by atoms with E-state index in [9.17, 15) is 8.42 Å². The molecule has 1 saturated carbocycles. The van der Waals surface area contributed by atoms with E-state index in [1.807, 2.05) is 24.7 Å². The molecular formula is C13H22N4O2S. The molecule has 6 nitrogen and oxygen atoms in total. The number of rotatable bonds is 5. The van der Waals surface area contributed by atoms with Gasteiger partial charge in [0.15, 0.2) is 0 Å². The van der Waals surface area contributed by atoms with Crippen LogP contribution in [0.15, 0.2) is 6.20 Å². The van der Waals surface area contributed by atoms with Gasteiger partial charge >= 0.3 is 0 Å². The maximum atomic E-state index is 12.2.